The molecule has 1 aliphatic heterocycles. The highest BCUT2D eigenvalue weighted by Gasteiger charge is 2.26. The SMILES string of the molecule is CN(C)C(=O)CNC(=O)[C@H]1COc2ccc(Cl)cc2C1. The highest BCUT2D eigenvalue weighted by molar-refractivity contribution is 6.30. The van der Waals surface area contributed by atoms with Gasteiger partial charge in [-0.25, -0.2) is 0 Å². The molecule has 1 N–H and O–H groups in total. The molecule has 6 heteroatoms. The Labute approximate surface area is 122 Å². The number of hydrogen-bond acceptors (Lipinski definition) is 3. The highest BCUT2D eigenvalue weighted by Crippen LogP contribution is 2.29. The Morgan fingerprint density at radius 2 is 2.20 bits per heavy atom. The Morgan fingerprint density at radius 3 is 2.90 bits per heavy atom. The summed E-state index contributed by atoms with van der Waals surface area (Å²) in [5.74, 6) is 0.156. The Hall–Kier alpha value is -1.75. The smallest absolute Gasteiger partial charge is 0.241 e. The minimum absolute atomic E-state index is 0.00470. The van der Waals surface area contributed by atoms with E-state index in [9.17, 15) is 9.59 Å². The predicted molar refractivity (Wildman–Crippen MR) is 75.8 cm³/mol. The summed E-state index contributed by atoms with van der Waals surface area (Å²) >= 11 is 5.94. The zero-order valence-corrected chi connectivity index (χ0v) is 12.2. The Kier molecular flexibility index (Phi) is 4.49. The van der Waals surface area contributed by atoms with Crippen LogP contribution in [-0.2, 0) is 16.0 Å². The second kappa shape index (κ2) is 6.13. The monoisotopic (exact) mass is 296 g/mol. The maximum absolute atomic E-state index is 12.0. The summed E-state index contributed by atoms with van der Waals surface area (Å²) in [6.07, 6.45) is 0.567. The normalized spacial score (nSPS) is 16.9. The van der Waals surface area contributed by atoms with Crippen LogP contribution in [0, 0.1) is 5.92 Å². The number of ether oxygens (including phenoxy) is 1. The summed E-state index contributed by atoms with van der Waals surface area (Å²) in [5, 5.41) is 3.26. The lowest BCUT2D eigenvalue weighted by molar-refractivity contribution is -0.132. The molecule has 0 spiro atoms. The second-order valence-electron chi connectivity index (χ2n) is 4.97. The number of fused-ring (bicyclic) bond motifs is 1. The first-order valence-electron chi connectivity index (χ1n) is 6.36. The van der Waals surface area contributed by atoms with Gasteiger partial charge in [0.2, 0.25) is 11.8 Å². The lowest BCUT2D eigenvalue weighted by Gasteiger charge is -2.24. The molecular formula is C14H17ClN2O3. The fraction of sp³-hybridized carbons (Fsp3) is 0.429. The van der Waals surface area contributed by atoms with E-state index in [-0.39, 0.29) is 24.3 Å². The average molecular weight is 297 g/mol. The van der Waals surface area contributed by atoms with E-state index in [1.807, 2.05) is 0 Å². The van der Waals surface area contributed by atoms with Gasteiger partial charge in [0.15, 0.2) is 0 Å². The summed E-state index contributed by atoms with van der Waals surface area (Å²) < 4.78 is 5.55. The average Bonchev–Trinajstić information content (AvgIpc) is 2.43. The van der Waals surface area contributed by atoms with Crippen LogP contribution in [0.5, 0.6) is 5.75 Å². The van der Waals surface area contributed by atoms with Crippen molar-refractivity contribution in [1.82, 2.24) is 10.2 Å². The van der Waals surface area contributed by atoms with Gasteiger partial charge >= 0.3 is 0 Å². The number of hydrogen-bond donors (Lipinski definition) is 1. The van der Waals surface area contributed by atoms with Crippen molar-refractivity contribution in [3.8, 4) is 5.75 Å². The van der Waals surface area contributed by atoms with Crippen LogP contribution in [0.3, 0.4) is 0 Å². The molecule has 20 heavy (non-hydrogen) atoms. The molecule has 0 aromatic heterocycles. The summed E-state index contributed by atoms with van der Waals surface area (Å²) in [6.45, 7) is 0.321. The van der Waals surface area contributed by atoms with E-state index in [4.69, 9.17) is 16.3 Å². The maximum Gasteiger partial charge on any atom is 0.241 e. The molecule has 2 rings (SSSR count). The molecule has 0 aliphatic carbocycles. The molecule has 1 aromatic carbocycles. The van der Waals surface area contributed by atoms with Gasteiger partial charge in [-0.15, -0.1) is 0 Å². The first-order chi connectivity index (χ1) is 9.47. The number of carbonyl (C=O) groups excluding carboxylic acids is 2. The Morgan fingerprint density at radius 1 is 1.45 bits per heavy atom. The van der Waals surface area contributed by atoms with Crippen molar-refractivity contribution in [2.45, 2.75) is 6.42 Å². The van der Waals surface area contributed by atoms with Gasteiger partial charge < -0.3 is 15.0 Å². The first kappa shape index (κ1) is 14.7. The topological polar surface area (TPSA) is 58.6 Å². The van der Waals surface area contributed by atoms with Gasteiger partial charge in [0.05, 0.1) is 12.5 Å². The lowest BCUT2D eigenvalue weighted by Crippen LogP contribution is -2.42. The molecule has 0 unspecified atom stereocenters. The third kappa shape index (κ3) is 3.42. The van der Waals surface area contributed by atoms with Gasteiger partial charge in [0, 0.05) is 19.1 Å². The molecule has 1 aromatic rings. The van der Waals surface area contributed by atoms with Crippen molar-refractivity contribution in [2.75, 3.05) is 27.2 Å². The number of nitrogens with zero attached hydrogens (tertiary/aromatic N) is 1. The first-order valence-corrected chi connectivity index (χ1v) is 6.74. The summed E-state index contributed by atoms with van der Waals surface area (Å²) in [4.78, 5) is 24.9. The van der Waals surface area contributed by atoms with Crippen molar-refractivity contribution < 1.29 is 14.3 Å². The van der Waals surface area contributed by atoms with Crippen LogP contribution < -0.4 is 10.1 Å². The molecule has 0 fully saturated rings. The molecule has 1 aliphatic rings. The Balaban J connectivity index is 1.95. The lowest BCUT2D eigenvalue weighted by atomic mass is 9.96. The molecule has 108 valence electrons. The molecule has 1 heterocycles. The Bertz CT molecular complexity index is 531. The summed E-state index contributed by atoms with van der Waals surface area (Å²) in [7, 11) is 3.30. The van der Waals surface area contributed by atoms with Gasteiger partial charge in [-0.2, -0.15) is 0 Å². The van der Waals surface area contributed by atoms with Crippen molar-refractivity contribution >= 4 is 23.4 Å². The minimum Gasteiger partial charge on any atom is -0.492 e. The van der Waals surface area contributed by atoms with Crippen LogP contribution >= 0.6 is 11.6 Å². The maximum atomic E-state index is 12.0. The zero-order chi connectivity index (χ0) is 14.7. The molecule has 1 atom stereocenters. The number of carbonyl (C=O) groups is 2. The van der Waals surface area contributed by atoms with Crippen LogP contribution in [-0.4, -0.2) is 44.0 Å². The van der Waals surface area contributed by atoms with Crippen LogP contribution in [0.2, 0.25) is 5.02 Å². The second-order valence-corrected chi connectivity index (χ2v) is 5.41. The van der Waals surface area contributed by atoms with Crippen molar-refractivity contribution in [2.24, 2.45) is 5.92 Å². The number of likely N-dealkylation sites (N-methyl/N-ethyl adjacent to an activating group) is 1. The van der Waals surface area contributed by atoms with E-state index in [2.05, 4.69) is 5.32 Å². The largest absolute Gasteiger partial charge is 0.492 e. The van der Waals surface area contributed by atoms with Crippen LogP contribution in [0.25, 0.3) is 0 Å². The number of rotatable bonds is 3. The third-order valence-electron chi connectivity index (χ3n) is 3.21. The van der Waals surface area contributed by atoms with Gasteiger partial charge in [-0.3, -0.25) is 9.59 Å². The van der Waals surface area contributed by atoms with E-state index in [0.29, 0.717) is 18.1 Å². The fourth-order valence-electron chi connectivity index (χ4n) is 2.00. The molecule has 0 saturated heterocycles. The number of benzene rings is 1. The van der Waals surface area contributed by atoms with Crippen molar-refractivity contribution in [3.05, 3.63) is 28.8 Å². The molecule has 2 amide bonds. The molecule has 0 saturated carbocycles. The van der Waals surface area contributed by atoms with Gasteiger partial charge in [0.1, 0.15) is 12.4 Å². The summed E-state index contributed by atoms with van der Waals surface area (Å²) in [5.41, 5.74) is 0.919. The highest BCUT2D eigenvalue weighted by atomic mass is 35.5. The van der Waals surface area contributed by atoms with Gasteiger partial charge in [-0.1, -0.05) is 11.6 Å². The van der Waals surface area contributed by atoms with Crippen LogP contribution in [0.1, 0.15) is 5.56 Å². The zero-order valence-electron chi connectivity index (χ0n) is 11.5. The van der Waals surface area contributed by atoms with Crippen LogP contribution in [0.15, 0.2) is 18.2 Å². The predicted octanol–water partition coefficient (Wildman–Crippen LogP) is 1.10. The molecule has 5 nitrogen and oxygen atoms in total. The molecule has 0 bridgehead atoms. The summed E-state index contributed by atoms with van der Waals surface area (Å²) in [6, 6.07) is 5.37. The van der Waals surface area contributed by atoms with Crippen molar-refractivity contribution in [3.63, 3.8) is 0 Å². The van der Waals surface area contributed by atoms with Gasteiger partial charge in [0.25, 0.3) is 0 Å². The van der Waals surface area contributed by atoms with Gasteiger partial charge in [-0.05, 0) is 30.2 Å². The quantitative estimate of drug-likeness (QED) is 0.908. The minimum atomic E-state index is -0.295. The van der Waals surface area contributed by atoms with E-state index in [1.54, 1.807) is 32.3 Å². The number of halogens is 1. The fourth-order valence-corrected chi connectivity index (χ4v) is 2.19. The van der Waals surface area contributed by atoms with E-state index >= 15 is 0 Å². The number of amides is 2. The molecule has 0 radical (unpaired) electrons. The number of nitrogens with one attached hydrogen (secondary N) is 1. The van der Waals surface area contributed by atoms with E-state index < -0.39 is 0 Å². The van der Waals surface area contributed by atoms with Crippen molar-refractivity contribution in [1.29, 1.82) is 0 Å². The third-order valence-corrected chi connectivity index (χ3v) is 3.45. The standard InChI is InChI=1S/C14H17ClN2O3/c1-17(2)13(18)7-16-14(19)10-5-9-6-11(15)3-4-12(9)20-8-10/h3-4,6,10H,5,7-8H2,1-2H3,(H,16,19)/t10-/m1/s1. The van der Waals surface area contributed by atoms with E-state index in [0.717, 1.165) is 11.3 Å². The molecular weight excluding hydrogens is 280 g/mol. The van der Waals surface area contributed by atoms with Crippen LogP contribution in [0.4, 0.5) is 0 Å². The van der Waals surface area contributed by atoms with E-state index in [1.165, 1.54) is 4.90 Å².